The van der Waals surface area contributed by atoms with Crippen molar-refractivity contribution in [1.29, 1.82) is 0 Å². The average molecular weight is 316 g/mol. The van der Waals surface area contributed by atoms with Gasteiger partial charge in [-0.25, -0.2) is 0 Å². The molecule has 0 heterocycles. The van der Waals surface area contributed by atoms with Gasteiger partial charge >= 0.3 is 0 Å². The molecule has 2 rings (SSSR count). The molecule has 0 fully saturated rings. The standard InChI is InChI=1S/C13H9Cl3N2O/c14-7-1-3-10(15)9(5-7)13(19)18-8-2-4-11(16)12(17)6-8/h1-6H,17H2,(H,18,19). The van der Waals surface area contributed by atoms with Crippen LogP contribution < -0.4 is 11.1 Å². The van der Waals surface area contributed by atoms with E-state index in [0.29, 0.717) is 32.0 Å². The molecule has 0 aliphatic rings. The molecule has 0 aliphatic heterocycles. The van der Waals surface area contributed by atoms with Gasteiger partial charge in [0.05, 0.1) is 21.3 Å². The lowest BCUT2D eigenvalue weighted by Gasteiger charge is -2.08. The van der Waals surface area contributed by atoms with Crippen molar-refractivity contribution >= 4 is 52.1 Å². The molecule has 0 radical (unpaired) electrons. The lowest BCUT2D eigenvalue weighted by atomic mass is 10.2. The molecule has 0 saturated heterocycles. The van der Waals surface area contributed by atoms with E-state index in [4.69, 9.17) is 40.5 Å². The monoisotopic (exact) mass is 314 g/mol. The summed E-state index contributed by atoms with van der Waals surface area (Å²) in [7, 11) is 0. The van der Waals surface area contributed by atoms with Crippen LogP contribution >= 0.6 is 34.8 Å². The molecule has 3 nitrogen and oxygen atoms in total. The Labute approximate surface area is 125 Å². The number of nitrogen functional groups attached to an aromatic ring is 1. The maximum atomic E-state index is 12.1. The van der Waals surface area contributed by atoms with E-state index in [2.05, 4.69) is 5.32 Å². The molecule has 0 aliphatic carbocycles. The Kier molecular flexibility index (Phi) is 4.20. The molecular weight excluding hydrogens is 307 g/mol. The molecule has 19 heavy (non-hydrogen) atoms. The second-order valence-corrected chi connectivity index (χ2v) is 5.07. The van der Waals surface area contributed by atoms with Crippen molar-refractivity contribution < 1.29 is 4.79 Å². The van der Waals surface area contributed by atoms with Gasteiger partial charge in [0.25, 0.3) is 5.91 Å². The predicted octanol–water partition coefficient (Wildman–Crippen LogP) is 4.48. The largest absolute Gasteiger partial charge is 0.397 e. The van der Waals surface area contributed by atoms with Gasteiger partial charge in [-0.05, 0) is 36.4 Å². The summed E-state index contributed by atoms with van der Waals surface area (Å²) in [6.45, 7) is 0. The smallest absolute Gasteiger partial charge is 0.257 e. The zero-order valence-electron chi connectivity index (χ0n) is 9.58. The number of carbonyl (C=O) groups is 1. The Morgan fingerprint density at radius 3 is 2.37 bits per heavy atom. The molecule has 3 N–H and O–H groups in total. The number of nitrogens with two attached hydrogens (primary N) is 1. The Balaban J connectivity index is 2.25. The van der Waals surface area contributed by atoms with Crippen LogP contribution in [-0.4, -0.2) is 5.91 Å². The summed E-state index contributed by atoms with van der Waals surface area (Å²) >= 11 is 17.6. The first-order chi connectivity index (χ1) is 8.97. The first-order valence-electron chi connectivity index (χ1n) is 5.29. The number of rotatable bonds is 2. The molecular formula is C13H9Cl3N2O. The van der Waals surface area contributed by atoms with Gasteiger partial charge in [-0.3, -0.25) is 4.79 Å². The van der Waals surface area contributed by atoms with Crippen molar-refractivity contribution in [3.63, 3.8) is 0 Å². The van der Waals surface area contributed by atoms with Crippen molar-refractivity contribution in [2.45, 2.75) is 0 Å². The molecule has 6 heteroatoms. The normalized spacial score (nSPS) is 10.3. The Bertz CT molecular complexity index is 644. The van der Waals surface area contributed by atoms with Gasteiger partial charge in [0, 0.05) is 10.7 Å². The van der Waals surface area contributed by atoms with E-state index in [1.807, 2.05) is 0 Å². The third kappa shape index (κ3) is 3.32. The maximum Gasteiger partial charge on any atom is 0.257 e. The quantitative estimate of drug-likeness (QED) is 0.803. The summed E-state index contributed by atoms with van der Waals surface area (Å²) in [6.07, 6.45) is 0. The highest BCUT2D eigenvalue weighted by atomic mass is 35.5. The van der Waals surface area contributed by atoms with Crippen LogP contribution in [0.5, 0.6) is 0 Å². The minimum atomic E-state index is -0.366. The number of hydrogen-bond donors (Lipinski definition) is 2. The molecule has 0 bridgehead atoms. The number of benzene rings is 2. The molecule has 98 valence electrons. The number of halogens is 3. The lowest BCUT2D eigenvalue weighted by Crippen LogP contribution is -2.12. The first-order valence-corrected chi connectivity index (χ1v) is 6.42. The summed E-state index contributed by atoms with van der Waals surface area (Å²) in [5, 5.41) is 3.86. The van der Waals surface area contributed by atoms with Gasteiger partial charge in [0.1, 0.15) is 0 Å². The molecule has 0 aromatic heterocycles. The Hall–Kier alpha value is -1.42. The molecule has 0 saturated carbocycles. The summed E-state index contributed by atoms with van der Waals surface area (Å²) in [5.41, 5.74) is 6.87. The SMILES string of the molecule is Nc1cc(NC(=O)c2cc(Cl)ccc2Cl)ccc1Cl. The lowest BCUT2D eigenvalue weighted by molar-refractivity contribution is 0.102. The van der Waals surface area contributed by atoms with Crippen LogP contribution in [-0.2, 0) is 0 Å². The third-order valence-electron chi connectivity index (χ3n) is 2.43. The van der Waals surface area contributed by atoms with Crippen molar-refractivity contribution in [3.05, 3.63) is 57.0 Å². The summed E-state index contributed by atoms with van der Waals surface area (Å²) in [5.74, 6) is -0.366. The first kappa shape index (κ1) is 14.0. The van der Waals surface area contributed by atoms with E-state index in [1.165, 1.54) is 6.07 Å². The average Bonchev–Trinajstić information content (AvgIpc) is 2.36. The van der Waals surface area contributed by atoms with E-state index in [1.54, 1.807) is 30.3 Å². The van der Waals surface area contributed by atoms with Crippen LogP contribution in [0.25, 0.3) is 0 Å². The molecule has 0 atom stereocenters. The van der Waals surface area contributed by atoms with Gasteiger partial charge in [0.2, 0.25) is 0 Å². The van der Waals surface area contributed by atoms with Gasteiger partial charge in [0.15, 0.2) is 0 Å². The number of carbonyl (C=O) groups excluding carboxylic acids is 1. The zero-order chi connectivity index (χ0) is 14.0. The highest BCUT2D eigenvalue weighted by Crippen LogP contribution is 2.25. The number of nitrogens with one attached hydrogen (secondary N) is 1. The molecule has 0 unspecified atom stereocenters. The summed E-state index contributed by atoms with van der Waals surface area (Å²) < 4.78 is 0. The molecule has 1 amide bonds. The van der Waals surface area contributed by atoms with Crippen molar-refractivity contribution in [2.75, 3.05) is 11.1 Å². The van der Waals surface area contributed by atoms with Crippen LogP contribution in [0, 0.1) is 0 Å². The minimum absolute atomic E-state index is 0.294. The topological polar surface area (TPSA) is 55.1 Å². The van der Waals surface area contributed by atoms with E-state index >= 15 is 0 Å². The van der Waals surface area contributed by atoms with Gasteiger partial charge < -0.3 is 11.1 Å². The number of amides is 1. The molecule has 0 spiro atoms. The molecule has 2 aromatic carbocycles. The van der Waals surface area contributed by atoms with Crippen molar-refractivity contribution in [2.24, 2.45) is 0 Å². The minimum Gasteiger partial charge on any atom is -0.397 e. The van der Waals surface area contributed by atoms with Crippen molar-refractivity contribution in [1.82, 2.24) is 0 Å². The van der Waals surface area contributed by atoms with Crippen LogP contribution in [0.2, 0.25) is 15.1 Å². The van der Waals surface area contributed by atoms with E-state index in [-0.39, 0.29) is 5.91 Å². The fraction of sp³-hybridized carbons (Fsp3) is 0. The Morgan fingerprint density at radius 2 is 1.68 bits per heavy atom. The highest BCUT2D eigenvalue weighted by Gasteiger charge is 2.11. The van der Waals surface area contributed by atoms with Crippen LogP contribution in [0.4, 0.5) is 11.4 Å². The second kappa shape index (κ2) is 5.70. The van der Waals surface area contributed by atoms with Crippen LogP contribution in [0.1, 0.15) is 10.4 Å². The van der Waals surface area contributed by atoms with Crippen LogP contribution in [0.15, 0.2) is 36.4 Å². The Morgan fingerprint density at radius 1 is 1.00 bits per heavy atom. The second-order valence-electron chi connectivity index (χ2n) is 3.81. The van der Waals surface area contributed by atoms with Crippen LogP contribution in [0.3, 0.4) is 0 Å². The number of hydrogen-bond acceptors (Lipinski definition) is 2. The van der Waals surface area contributed by atoms with Crippen molar-refractivity contribution in [3.8, 4) is 0 Å². The summed E-state index contributed by atoms with van der Waals surface area (Å²) in [4.78, 5) is 12.1. The molecule has 2 aromatic rings. The van der Waals surface area contributed by atoms with Gasteiger partial charge in [-0.15, -0.1) is 0 Å². The number of anilines is 2. The summed E-state index contributed by atoms with van der Waals surface area (Å²) in [6, 6.07) is 9.49. The fourth-order valence-corrected chi connectivity index (χ4v) is 1.98. The van der Waals surface area contributed by atoms with E-state index < -0.39 is 0 Å². The predicted molar refractivity (Wildman–Crippen MR) is 80.3 cm³/mol. The third-order valence-corrected chi connectivity index (χ3v) is 3.34. The van der Waals surface area contributed by atoms with E-state index in [9.17, 15) is 4.79 Å². The maximum absolute atomic E-state index is 12.1. The van der Waals surface area contributed by atoms with E-state index in [0.717, 1.165) is 0 Å². The zero-order valence-corrected chi connectivity index (χ0v) is 11.9. The highest BCUT2D eigenvalue weighted by molar-refractivity contribution is 6.36. The fourth-order valence-electron chi connectivity index (χ4n) is 1.49. The van der Waals surface area contributed by atoms with Gasteiger partial charge in [-0.2, -0.15) is 0 Å². The van der Waals surface area contributed by atoms with Gasteiger partial charge in [-0.1, -0.05) is 34.8 Å².